The van der Waals surface area contributed by atoms with E-state index in [9.17, 15) is 18.0 Å². The van der Waals surface area contributed by atoms with E-state index < -0.39 is 6.36 Å². The Balaban J connectivity index is 1.40. The number of rotatable bonds is 4. The Labute approximate surface area is 215 Å². The number of hydrogen-bond acceptors (Lipinski definition) is 6. The van der Waals surface area contributed by atoms with Gasteiger partial charge in [0.25, 0.3) is 0 Å². The van der Waals surface area contributed by atoms with Crippen molar-refractivity contribution in [2.24, 2.45) is 0 Å². The molecule has 8 nitrogen and oxygen atoms in total. The summed E-state index contributed by atoms with van der Waals surface area (Å²) in [6.45, 7) is 2.71. The Morgan fingerprint density at radius 2 is 1.76 bits per heavy atom. The first-order valence-electron chi connectivity index (χ1n) is 11.8. The van der Waals surface area contributed by atoms with Gasteiger partial charge < -0.3 is 23.8 Å². The fourth-order valence-electron chi connectivity index (χ4n) is 4.72. The highest BCUT2D eigenvalue weighted by molar-refractivity contribution is 6.30. The number of benzene rings is 2. The average Bonchev–Trinajstić information content (AvgIpc) is 3.39. The molecule has 1 aromatic heterocycles. The minimum atomic E-state index is -4.77. The van der Waals surface area contributed by atoms with Gasteiger partial charge in [-0.2, -0.15) is 4.98 Å². The molecule has 0 aliphatic carbocycles. The van der Waals surface area contributed by atoms with Crippen molar-refractivity contribution in [2.45, 2.75) is 24.6 Å². The molecule has 5 rings (SSSR count). The Kier molecular flexibility index (Phi) is 7.25. The van der Waals surface area contributed by atoms with E-state index in [0.717, 1.165) is 5.56 Å². The number of amides is 2. The molecule has 2 aromatic carbocycles. The number of carbonyl (C=O) groups excluding carboxylic acids is 1. The van der Waals surface area contributed by atoms with E-state index in [0.29, 0.717) is 68.1 Å². The van der Waals surface area contributed by atoms with Crippen LogP contribution in [0.1, 0.15) is 29.7 Å². The molecule has 196 valence electrons. The zero-order chi connectivity index (χ0) is 26.0. The Bertz CT molecular complexity index is 1230. The normalized spacial score (nSPS) is 20.6. The van der Waals surface area contributed by atoms with Gasteiger partial charge >= 0.3 is 12.4 Å². The van der Waals surface area contributed by atoms with Crippen molar-refractivity contribution in [3.63, 3.8) is 0 Å². The molecule has 0 spiro atoms. The molecule has 2 aliphatic heterocycles. The summed E-state index contributed by atoms with van der Waals surface area (Å²) in [6, 6.07) is 12.7. The summed E-state index contributed by atoms with van der Waals surface area (Å²) >= 11 is 6.10. The maximum Gasteiger partial charge on any atom is 0.573 e. The summed E-state index contributed by atoms with van der Waals surface area (Å²) in [5.74, 6) is 0.0456. The van der Waals surface area contributed by atoms with Crippen molar-refractivity contribution < 1.29 is 32.0 Å². The third-order valence-electron chi connectivity index (χ3n) is 6.46. The quantitative estimate of drug-likeness (QED) is 0.449. The van der Waals surface area contributed by atoms with Gasteiger partial charge in [-0.1, -0.05) is 41.0 Å². The molecule has 0 bridgehead atoms. The highest BCUT2D eigenvalue weighted by Crippen LogP contribution is 2.37. The van der Waals surface area contributed by atoms with Crippen molar-refractivity contribution in [1.82, 2.24) is 19.9 Å². The molecule has 2 unspecified atom stereocenters. The number of piperidine rings is 1. The number of alkyl halides is 3. The fraction of sp³-hybridized carbons (Fsp3) is 0.400. The second-order valence-corrected chi connectivity index (χ2v) is 9.44. The number of ether oxygens (including phenoxy) is 2. The molecule has 2 fully saturated rings. The van der Waals surface area contributed by atoms with Gasteiger partial charge in [0, 0.05) is 42.7 Å². The number of aromatic nitrogens is 2. The standard InChI is InChI=1S/C25H24ClF3N4O4/c26-20-3-1-2-17(13-20)22-30-23(37-31-22)19-12-18(16-4-6-21(7-5-16)36-25(27,28)29)14-33(15-19)24(34)32-8-10-35-11-9-32/h1-7,13,18-19H,8-12,14-15H2. The molecule has 0 radical (unpaired) electrons. The summed E-state index contributed by atoms with van der Waals surface area (Å²) in [5.41, 5.74) is 1.49. The van der Waals surface area contributed by atoms with Gasteiger partial charge in [-0.3, -0.25) is 0 Å². The number of urea groups is 1. The first kappa shape index (κ1) is 25.3. The van der Waals surface area contributed by atoms with E-state index >= 15 is 0 Å². The number of morpholine rings is 1. The summed E-state index contributed by atoms with van der Waals surface area (Å²) in [7, 11) is 0. The first-order valence-corrected chi connectivity index (χ1v) is 12.2. The van der Waals surface area contributed by atoms with E-state index in [-0.39, 0.29) is 23.6 Å². The lowest BCUT2D eigenvalue weighted by Gasteiger charge is -2.40. The number of hydrogen-bond donors (Lipinski definition) is 0. The van der Waals surface area contributed by atoms with Crippen molar-refractivity contribution >= 4 is 17.6 Å². The van der Waals surface area contributed by atoms with Crippen LogP contribution in [0, 0.1) is 0 Å². The highest BCUT2D eigenvalue weighted by Gasteiger charge is 2.37. The van der Waals surface area contributed by atoms with Crippen LogP contribution in [0.2, 0.25) is 5.02 Å². The number of halogens is 4. The summed E-state index contributed by atoms with van der Waals surface area (Å²) in [6.07, 6.45) is -4.19. The molecule has 3 aromatic rings. The van der Waals surface area contributed by atoms with Crippen LogP contribution in [0.25, 0.3) is 11.4 Å². The topological polar surface area (TPSA) is 80.9 Å². The van der Waals surface area contributed by atoms with Crippen LogP contribution in [-0.2, 0) is 4.74 Å². The Morgan fingerprint density at radius 1 is 1.03 bits per heavy atom. The number of likely N-dealkylation sites (tertiary alicyclic amines) is 1. The predicted molar refractivity (Wildman–Crippen MR) is 127 cm³/mol. The van der Waals surface area contributed by atoms with Crippen LogP contribution in [0.5, 0.6) is 5.75 Å². The molecule has 0 N–H and O–H groups in total. The van der Waals surface area contributed by atoms with Gasteiger partial charge in [0.15, 0.2) is 0 Å². The van der Waals surface area contributed by atoms with Crippen LogP contribution in [0.4, 0.5) is 18.0 Å². The SMILES string of the molecule is O=C(N1CCOCC1)N1CC(c2ccc(OC(F)(F)F)cc2)CC(c2nc(-c3cccc(Cl)c3)no2)C1. The Morgan fingerprint density at radius 3 is 2.46 bits per heavy atom. The van der Waals surface area contributed by atoms with Gasteiger partial charge in [0.2, 0.25) is 11.7 Å². The lowest BCUT2D eigenvalue weighted by atomic mass is 9.84. The fourth-order valence-corrected chi connectivity index (χ4v) is 4.91. The van der Waals surface area contributed by atoms with E-state index in [1.165, 1.54) is 12.1 Å². The average molecular weight is 537 g/mol. The predicted octanol–water partition coefficient (Wildman–Crippen LogP) is 5.31. The molecular weight excluding hydrogens is 513 g/mol. The van der Waals surface area contributed by atoms with Crippen molar-refractivity contribution in [3.05, 3.63) is 65.0 Å². The maximum absolute atomic E-state index is 13.4. The zero-order valence-corrected chi connectivity index (χ0v) is 20.4. The second kappa shape index (κ2) is 10.6. The third kappa shape index (κ3) is 6.16. The molecule has 37 heavy (non-hydrogen) atoms. The minimum Gasteiger partial charge on any atom is -0.406 e. The van der Waals surface area contributed by atoms with E-state index in [2.05, 4.69) is 14.9 Å². The monoisotopic (exact) mass is 536 g/mol. The minimum absolute atomic E-state index is 0.121. The smallest absolute Gasteiger partial charge is 0.406 e. The second-order valence-electron chi connectivity index (χ2n) is 9.00. The maximum atomic E-state index is 13.4. The molecule has 12 heteroatoms. The van der Waals surface area contributed by atoms with Crippen LogP contribution in [0.15, 0.2) is 53.1 Å². The van der Waals surface area contributed by atoms with Crippen LogP contribution >= 0.6 is 11.6 Å². The lowest BCUT2D eigenvalue weighted by molar-refractivity contribution is -0.274. The highest BCUT2D eigenvalue weighted by atomic mass is 35.5. The molecule has 2 saturated heterocycles. The summed E-state index contributed by atoms with van der Waals surface area (Å²) in [4.78, 5) is 21.4. The summed E-state index contributed by atoms with van der Waals surface area (Å²) in [5, 5.41) is 4.65. The van der Waals surface area contributed by atoms with Gasteiger partial charge in [0.05, 0.1) is 19.1 Å². The summed E-state index contributed by atoms with van der Waals surface area (Å²) < 4.78 is 52.7. The number of carbonyl (C=O) groups is 1. The number of nitrogens with zero attached hydrogens (tertiary/aromatic N) is 4. The molecule has 2 aliphatic rings. The molecule has 2 amide bonds. The van der Waals surface area contributed by atoms with Gasteiger partial charge in [0.1, 0.15) is 5.75 Å². The Hall–Kier alpha value is -3.31. The van der Waals surface area contributed by atoms with Crippen LogP contribution in [0.3, 0.4) is 0 Å². The van der Waals surface area contributed by atoms with Crippen molar-refractivity contribution in [3.8, 4) is 17.1 Å². The third-order valence-corrected chi connectivity index (χ3v) is 6.70. The lowest BCUT2D eigenvalue weighted by Crippen LogP contribution is -2.52. The van der Waals surface area contributed by atoms with E-state index in [4.69, 9.17) is 20.9 Å². The zero-order valence-electron chi connectivity index (χ0n) is 19.7. The van der Waals surface area contributed by atoms with Crippen molar-refractivity contribution in [2.75, 3.05) is 39.4 Å². The van der Waals surface area contributed by atoms with Crippen LogP contribution < -0.4 is 4.74 Å². The van der Waals surface area contributed by atoms with Gasteiger partial charge in [-0.25, -0.2) is 4.79 Å². The molecular formula is C25H24ClF3N4O4. The van der Waals surface area contributed by atoms with Gasteiger partial charge in [-0.05, 0) is 36.2 Å². The largest absolute Gasteiger partial charge is 0.573 e. The molecule has 3 heterocycles. The first-order chi connectivity index (χ1) is 17.7. The molecule has 2 atom stereocenters. The van der Waals surface area contributed by atoms with Gasteiger partial charge in [-0.15, -0.1) is 13.2 Å². The van der Waals surface area contributed by atoms with E-state index in [1.807, 2.05) is 6.07 Å². The van der Waals surface area contributed by atoms with E-state index in [1.54, 1.807) is 40.1 Å². The van der Waals surface area contributed by atoms with Crippen LogP contribution in [-0.4, -0.2) is 71.7 Å². The molecule has 0 saturated carbocycles. The van der Waals surface area contributed by atoms with Crippen molar-refractivity contribution in [1.29, 1.82) is 0 Å².